The van der Waals surface area contributed by atoms with Crippen LogP contribution in [-0.2, 0) is 26.8 Å². The van der Waals surface area contributed by atoms with Crippen LogP contribution in [0.2, 0.25) is 0 Å². The third-order valence-corrected chi connectivity index (χ3v) is 7.47. The highest BCUT2D eigenvalue weighted by Gasteiger charge is 2.28. The first-order chi connectivity index (χ1) is 15.7. The number of anilines is 1. The molecule has 1 unspecified atom stereocenters. The molecule has 1 atom stereocenters. The Bertz CT molecular complexity index is 1100. The molecule has 0 saturated heterocycles. The van der Waals surface area contributed by atoms with Gasteiger partial charge in [0.15, 0.2) is 16.0 Å². The molecule has 0 amide bonds. The molecule has 2 heterocycles. The van der Waals surface area contributed by atoms with E-state index in [0.717, 1.165) is 28.6 Å². The minimum absolute atomic E-state index is 0.0372. The van der Waals surface area contributed by atoms with Crippen molar-refractivity contribution in [2.75, 3.05) is 18.1 Å². The van der Waals surface area contributed by atoms with Gasteiger partial charge < -0.3 is 14.7 Å². The zero-order valence-electron chi connectivity index (χ0n) is 18.8. The summed E-state index contributed by atoms with van der Waals surface area (Å²) >= 11 is 2.52. The van der Waals surface area contributed by atoms with Crippen LogP contribution in [0.1, 0.15) is 31.2 Å². The summed E-state index contributed by atoms with van der Waals surface area (Å²) in [4.78, 5) is 16.6. The number of thiazole rings is 1. The Kier molecular flexibility index (Phi) is 9.17. The van der Waals surface area contributed by atoms with Gasteiger partial charge in [0.1, 0.15) is 5.69 Å². The van der Waals surface area contributed by atoms with Gasteiger partial charge in [-0.3, -0.25) is 9.32 Å². The maximum Gasteiger partial charge on any atom is 0.461 e. The number of benzene rings is 1. The molecule has 3 rings (SSSR count). The Balaban J connectivity index is 1.74. The number of rotatable bonds is 12. The van der Waals surface area contributed by atoms with E-state index >= 15 is 0 Å². The predicted molar refractivity (Wildman–Crippen MR) is 133 cm³/mol. The lowest BCUT2D eigenvalue weighted by Crippen LogP contribution is -2.17. The highest BCUT2D eigenvalue weighted by Crippen LogP contribution is 2.46. The van der Waals surface area contributed by atoms with Crippen molar-refractivity contribution in [2.45, 2.75) is 33.7 Å². The first-order valence-electron chi connectivity index (χ1n) is 10.5. The first-order valence-corrected chi connectivity index (χ1v) is 13.8. The van der Waals surface area contributed by atoms with Gasteiger partial charge in [0.05, 0.1) is 6.61 Å². The second kappa shape index (κ2) is 11.9. The molecule has 3 N–H and O–H groups in total. The average molecular weight is 510 g/mol. The van der Waals surface area contributed by atoms with Gasteiger partial charge in [-0.05, 0) is 24.0 Å². The smallest absolute Gasteiger partial charge is 0.424 e. The molecule has 0 aliphatic rings. The number of nitrogens with one attached hydrogen (secondary N) is 1. The van der Waals surface area contributed by atoms with Crippen molar-refractivity contribution < 1.29 is 22.8 Å². The second-order valence-corrected chi connectivity index (χ2v) is 11.8. The molecule has 0 bridgehead atoms. The number of carbonyl (C=O) groups is 1. The lowest BCUT2D eigenvalue weighted by molar-refractivity contribution is -0.109. The molecule has 33 heavy (non-hydrogen) atoms. The van der Waals surface area contributed by atoms with Crippen LogP contribution < -0.4 is 15.3 Å². The largest absolute Gasteiger partial charge is 0.461 e. The highest BCUT2D eigenvalue weighted by atomic mass is 32.2. The first kappa shape index (κ1) is 25.5. The zero-order chi connectivity index (χ0) is 23.8. The van der Waals surface area contributed by atoms with E-state index in [4.69, 9.17) is 19.2 Å². The number of furan rings is 1. The molecule has 0 fully saturated rings. The second-order valence-electron chi connectivity index (χ2n) is 7.62. The summed E-state index contributed by atoms with van der Waals surface area (Å²) < 4.78 is 30.5. The summed E-state index contributed by atoms with van der Waals surface area (Å²) in [6, 6.07) is 12.8. The molecule has 0 aliphatic heterocycles. The Morgan fingerprint density at radius 3 is 2.73 bits per heavy atom. The summed E-state index contributed by atoms with van der Waals surface area (Å²) in [7, 11) is -3.78. The standard InChI is InChI=1S/C22H28N3O5PS2/c1-15(2)13-19-21(25-22(23)33-19)18-9-10-20(29-18)30-31(27,28-11-12-32-16(3)26)24-14-17-7-5-4-6-8-17/h4-10,15H,11-14H2,1-3H3,(H2,23,25)(H,24,27). The molecule has 3 aromatic rings. The van der Waals surface area contributed by atoms with Crippen LogP contribution >= 0.6 is 30.8 Å². The van der Waals surface area contributed by atoms with Crippen molar-refractivity contribution in [2.24, 2.45) is 5.92 Å². The number of aromatic nitrogens is 1. The van der Waals surface area contributed by atoms with Gasteiger partial charge in [0.2, 0.25) is 0 Å². The van der Waals surface area contributed by atoms with E-state index in [9.17, 15) is 9.36 Å². The molecule has 1 aromatic carbocycles. The van der Waals surface area contributed by atoms with Crippen LogP contribution in [0.15, 0.2) is 46.9 Å². The SMILES string of the molecule is CC(=O)SCCOP(=O)(NCc1ccccc1)Oc1ccc(-c2nc(N)sc2CC(C)C)o1. The monoisotopic (exact) mass is 509 g/mol. The lowest BCUT2D eigenvalue weighted by Gasteiger charge is -2.18. The molecule has 0 radical (unpaired) electrons. The van der Waals surface area contributed by atoms with E-state index in [1.165, 1.54) is 18.3 Å². The minimum Gasteiger partial charge on any atom is -0.424 e. The van der Waals surface area contributed by atoms with Crippen LogP contribution in [0, 0.1) is 5.92 Å². The van der Waals surface area contributed by atoms with Gasteiger partial charge in [-0.2, -0.15) is 0 Å². The molecule has 0 spiro atoms. The molecule has 0 saturated carbocycles. The van der Waals surface area contributed by atoms with Crippen LogP contribution in [0.25, 0.3) is 11.5 Å². The van der Waals surface area contributed by atoms with E-state index in [1.54, 1.807) is 12.1 Å². The number of nitrogens with two attached hydrogens (primary N) is 1. The summed E-state index contributed by atoms with van der Waals surface area (Å²) in [6.07, 6.45) is 0.815. The van der Waals surface area contributed by atoms with Crippen molar-refractivity contribution >= 4 is 41.1 Å². The van der Waals surface area contributed by atoms with E-state index in [-0.39, 0.29) is 24.2 Å². The number of hydrogen-bond acceptors (Lipinski definition) is 9. The summed E-state index contributed by atoms with van der Waals surface area (Å²) in [5.74, 6) is 1.30. The lowest BCUT2D eigenvalue weighted by atomic mass is 10.1. The van der Waals surface area contributed by atoms with Gasteiger partial charge in [-0.25, -0.2) is 14.6 Å². The maximum atomic E-state index is 13.4. The van der Waals surface area contributed by atoms with Crippen LogP contribution in [0.4, 0.5) is 5.13 Å². The fourth-order valence-electron chi connectivity index (χ4n) is 2.92. The Hall–Kier alpha value is -2.10. The third-order valence-electron chi connectivity index (χ3n) is 4.30. The van der Waals surface area contributed by atoms with Crippen molar-refractivity contribution in [3.05, 3.63) is 52.9 Å². The fourth-order valence-corrected chi connectivity index (χ4v) is 5.80. The molecular weight excluding hydrogens is 481 g/mol. The van der Waals surface area contributed by atoms with Gasteiger partial charge >= 0.3 is 7.75 Å². The Morgan fingerprint density at radius 2 is 2.03 bits per heavy atom. The molecule has 0 aliphatic carbocycles. The third kappa shape index (κ3) is 8.01. The Morgan fingerprint density at radius 1 is 1.27 bits per heavy atom. The van der Waals surface area contributed by atoms with E-state index in [2.05, 4.69) is 23.9 Å². The molecule has 2 aromatic heterocycles. The molecular formula is C22H28N3O5PS2. The van der Waals surface area contributed by atoms with E-state index in [1.807, 2.05) is 30.3 Å². The van der Waals surface area contributed by atoms with E-state index in [0.29, 0.717) is 28.3 Å². The number of nitrogen functional groups attached to an aromatic ring is 1. The number of nitrogens with zero attached hydrogens (tertiary/aromatic N) is 1. The van der Waals surface area contributed by atoms with Crippen LogP contribution in [0.3, 0.4) is 0 Å². The van der Waals surface area contributed by atoms with Gasteiger partial charge in [-0.1, -0.05) is 55.9 Å². The molecule has 178 valence electrons. The average Bonchev–Trinajstić information content (AvgIpc) is 3.36. The van der Waals surface area contributed by atoms with Crippen LogP contribution in [-0.4, -0.2) is 22.5 Å². The highest BCUT2D eigenvalue weighted by molar-refractivity contribution is 8.13. The summed E-state index contributed by atoms with van der Waals surface area (Å²) in [6.45, 7) is 6.04. The zero-order valence-corrected chi connectivity index (χ0v) is 21.3. The maximum absolute atomic E-state index is 13.4. The predicted octanol–water partition coefficient (Wildman–Crippen LogP) is 5.76. The van der Waals surface area contributed by atoms with Crippen molar-refractivity contribution in [3.8, 4) is 17.4 Å². The Labute approximate surface area is 201 Å². The summed E-state index contributed by atoms with van der Waals surface area (Å²) in [5, 5.41) is 3.28. The number of carbonyl (C=O) groups excluding carboxylic acids is 1. The minimum atomic E-state index is -3.78. The van der Waals surface area contributed by atoms with Crippen molar-refractivity contribution in [1.82, 2.24) is 10.1 Å². The van der Waals surface area contributed by atoms with Crippen molar-refractivity contribution in [3.63, 3.8) is 0 Å². The summed E-state index contributed by atoms with van der Waals surface area (Å²) in [5.41, 5.74) is 7.49. The fraction of sp³-hybridized carbons (Fsp3) is 0.364. The van der Waals surface area contributed by atoms with Crippen LogP contribution in [0.5, 0.6) is 5.95 Å². The topological polar surface area (TPSA) is 117 Å². The molecule has 11 heteroatoms. The van der Waals surface area contributed by atoms with Gasteiger partial charge in [-0.15, -0.1) is 11.3 Å². The van der Waals surface area contributed by atoms with E-state index < -0.39 is 7.75 Å². The quantitative estimate of drug-likeness (QED) is 0.232. The number of thioether (sulfide) groups is 1. The number of hydrogen-bond donors (Lipinski definition) is 2. The normalized spacial score (nSPS) is 13.2. The van der Waals surface area contributed by atoms with Gasteiger partial charge in [0, 0.05) is 30.2 Å². The van der Waals surface area contributed by atoms with Crippen molar-refractivity contribution in [1.29, 1.82) is 0 Å². The van der Waals surface area contributed by atoms with Gasteiger partial charge in [0.25, 0.3) is 5.95 Å². The molecule has 8 nitrogen and oxygen atoms in total.